The number of hydrogen-bond acceptors (Lipinski definition) is 4. The molecule has 0 spiro atoms. The van der Waals surface area contributed by atoms with E-state index in [9.17, 15) is 9.59 Å². The molecule has 0 bridgehead atoms. The molecule has 0 radical (unpaired) electrons. The average molecular weight is 252 g/mol. The van der Waals surface area contributed by atoms with Crippen LogP contribution < -0.4 is 10.5 Å². The molecular formula is C12H16N2O4. The summed E-state index contributed by atoms with van der Waals surface area (Å²) >= 11 is 0. The lowest BCUT2D eigenvalue weighted by Crippen LogP contribution is -2.46. The van der Waals surface area contributed by atoms with Gasteiger partial charge in [0.05, 0.1) is 7.11 Å². The summed E-state index contributed by atoms with van der Waals surface area (Å²) in [6, 6.07) is 5.66. The summed E-state index contributed by atoms with van der Waals surface area (Å²) in [5, 5.41) is 8.67. The zero-order chi connectivity index (χ0) is 13.7. The van der Waals surface area contributed by atoms with Gasteiger partial charge in [-0.2, -0.15) is 0 Å². The van der Waals surface area contributed by atoms with Gasteiger partial charge in [0.2, 0.25) is 0 Å². The Morgan fingerprint density at radius 3 is 2.61 bits per heavy atom. The van der Waals surface area contributed by atoms with E-state index in [2.05, 4.69) is 0 Å². The highest BCUT2D eigenvalue weighted by Gasteiger charge is 2.25. The number of amides is 1. The molecule has 18 heavy (non-hydrogen) atoms. The quantitative estimate of drug-likeness (QED) is 0.723. The number of carboxylic acids is 1. The van der Waals surface area contributed by atoms with E-state index < -0.39 is 17.9 Å². The number of carbonyl (C=O) groups excluding carboxylic acids is 1. The zero-order valence-corrected chi connectivity index (χ0v) is 10.3. The van der Waals surface area contributed by atoms with Crippen LogP contribution in [-0.4, -0.2) is 42.1 Å². The molecule has 1 unspecified atom stereocenters. The van der Waals surface area contributed by atoms with Crippen molar-refractivity contribution < 1.29 is 19.4 Å². The summed E-state index contributed by atoms with van der Waals surface area (Å²) in [5.41, 5.74) is 6.05. The Bertz CT molecular complexity index is 447. The predicted octanol–water partition coefficient (Wildman–Crippen LogP) is 0.0655. The zero-order valence-electron chi connectivity index (χ0n) is 10.3. The molecule has 0 heterocycles. The number of nitrogens with two attached hydrogens (primary N) is 1. The molecule has 0 aliphatic rings. The lowest BCUT2D eigenvalue weighted by molar-refractivity contribution is -0.146. The molecule has 0 saturated heterocycles. The van der Waals surface area contributed by atoms with Crippen LogP contribution in [0.1, 0.15) is 5.56 Å². The van der Waals surface area contributed by atoms with Crippen LogP contribution in [0.2, 0.25) is 0 Å². The first kappa shape index (κ1) is 14.0. The predicted molar refractivity (Wildman–Crippen MR) is 65.1 cm³/mol. The summed E-state index contributed by atoms with van der Waals surface area (Å²) in [5.74, 6) is -1.35. The molecule has 0 aliphatic heterocycles. The maximum atomic E-state index is 11.7. The summed E-state index contributed by atoms with van der Waals surface area (Å²) in [6.45, 7) is 0.240. The molecule has 1 aromatic carbocycles. The summed E-state index contributed by atoms with van der Waals surface area (Å²) in [6.07, 6.45) is 0. The van der Waals surface area contributed by atoms with Gasteiger partial charge in [-0.3, -0.25) is 4.79 Å². The first-order valence-electron chi connectivity index (χ1n) is 5.32. The summed E-state index contributed by atoms with van der Waals surface area (Å²) < 4.78 is 5.15. The van der Waals surface area contributed by atoms with Gasteiger partial charge in [-0.05, 0) is 6.07 Å². The standard InChI is InChI=1S/C12H16N2O4/c1-14(11(15)10(13)12(16)17)7-8-5-3-4-6-9(8)18-2/h3-6,10H,7,13H2,1-2H3,(H,16,17). The van der Waals surface area contributed by atoms with Gasteiger partial charge >= 0.3 is 5.97 Å². The van der Waals surface area contributed by atoms with Crippen molar-refractivity contribution in [3.8, 4) is 5.75 Å². The third-order valence-corrected chi connectivity index (χ3v) is 2.51. The van der Waals surface area contributed by atoms with Gasteiger partial charge in [0.25, 0.3) is 5.91 Å². The van der Waals surface area contributed by atoms with E-state index in [0.717, 1.165) is 5.56 Å². The van der Waals surface area contributed by atoms with Crippen molar-refractivity contribution >= 4 is 11.9 Å². The van der Waals surface area contributed by atoms with Crippen molar-refractivity contribution in [1.29, 1.82) is 0 Å². The Morgan fingerprint density at radius 1 is 1.44 bits per heavy atom. The number of aliphatic carboxylic acids is 1. The SMILES string of the molecule is COc1ccccc1CN(C)C(=O)C(N)C(=O)O. The first-order chi connectivity index (χ1) is 8.47. The maximum absolute atomic E-state index is 11.7. The number of ether oxygens (including phenoxy) is 1. The third kappa shape index (κ3) is 3.21. The number of nitrogens with zero attached hydrogens (tertiary/aromatic N) is 1. The molecule has 0 aromatic heterocycles. The number of rotatable bonds is 5. The highest BCUT2D eigenvalue weighted by molar-refractivity contribution is 6.00. The van der Waals surface area contributed by atoms with Gasteiger partial charge in [-0.25, -0.2) is 4.79 Å². The van der Waals surface area contributed by atoms with Crippen LogP contribution in [0.3, 0.4) is 0 Å². The Labute approximate surface area is 105 Å². The molecule has 1 rings (SSSR count). The number of hydrogen-bond donors (Lipinski definition) is 2. The number of para-hydroxylation sites is 1. The van der Waals surface area contributed by atoms with Crippen molar-refractivity contribution in [2.75, 3.05) is 14.2 Å². The third-order valence-electron chi connectivity index (χ3n) is 2.51. The Hall–Kier alpha value is -2.08. The largest absolute Gasteiger partial charge is 0.496 e. The van der Waals surface area contributed by atoms with E-state index in [1.807, 2.05) is 12.1 Å². The van der Waals surface area contributed by atoms with Crippen LogP contribution in [0, 0.1) is 0 Å². The second kappa shape index (κ2) is 6.02. The minimum Gasteiger partial charge on any atom is -0.496 e. The molecule has 0 saturated carbocycles. The van der Waals surface area contributed by atoms with Crippen LogP contribution in [0.15, 0.2) is 24.3 Å². The van der Waals surface area contributed by atoms with Gasteiger partial charge in [0.15, 0.2) is 6.04 Å². The van der Waals surface area contributed by atoms with Crippen molar-refractivity contribution in [2.45, 2.75) is 12.6 Å². The molecule has 6 nitrogen and oxygen atoms in total. The number of carbonyl (C=O) groups is 2. The van der Waals surface area contributed by atoms with E-state index in [1.54, 1.807) is 12.1 Å². The molecular weight excluding hydrogens is 236 g/mol. The molecule has 0 aliphatic carbocycles. The van der Waals surface area contributed by atoms with E-state index in [-0.39, 0.29) is 6.54 Å². The van der Waals surface area contributed by atoms with Crippen LogP contribution in [0.25, 0.3) is 0 Å². The van der Waals surface area contributed by atoms with Crippen LogP contribution in [-0.2, 0) is 16.1 Å². The molecule has 98 valence electrons. The van der Waals surface area contributed by atoms with Crippen molar-refractivity contribution in [3.63, 3.8) is 0 Å². The molecule has 1 aromatic rings. The van der Waals surface area contributed by atoms with Gasteiger partial charge in [0.1, 0.15) is 5.75 Å². The first-order valence-corrected chi connectivity index (χ1v) is 5.32. The topological polar surface area (TPSA) is 92.9 Å². The Morgan fingerprint density at radius 2 is 2.06 bits per heavy atom. The fourth-order valence-electron chi connectivity index (χ4n) is 1.51. The van der Waals surface area contributed by atoms with Gasteiger partial charge in [-0.15, -0.1) is 0 Å². The van der Waals surface area contributed by atoms with Gasteiger partial charge in [-0.1, -0.05) is 18.2 Å². The highest BCUT2D eigenvalue weighted by Crippen LogP contribution is 2.18. The Balaban J connectivity index is 2.78. The van der Waals surface area contributed by atoms with Crippen molar-refractivity contribution in [3.05, 3.63) is 29.8 Å². The van der Waals surface area contributed by atoms with Crippen LogP contribution in [0.4, 0.5) is 0 Å². The maximum Gasteiger partial charge on any atom is 0.330 e. The smallest absolute Gasteiger partial charge is 0.330 e. The molecule has 1 atom stereocenters. The Kier molecular flexibility index (Phi) is 4.67. The monoisotopic (exact) mass is 252 g/mol. The number of likely N-dealkylation sites (N-methyl/N-ethyl adjacent to an activating group) is 1. The minimum absolute atomic E-state index is 0.240. The van der Waals surface area contributed by atoms with Crippen LogP contribution >= 0.6 is 0 Å². The second-order valence-corrected chi connectivity index (χ2v) is 3.82. The second-order valence-electron chi connectivity index (χ2n) is 3.82. The number of methoxy groups -OCH3 is 1. The molecule has 6 heteroatoms. The molecule has 1 amide bonds. The lowest BCUT2D eigenvalue weighted by atomic mass is 10.1. The summed E-state index contributed by atoms with van der Waals surface area (Å²) in [7, 11) is 3.03. The fourth-order valence-corrected chi connectivity index (χ4v) is 1.51. The van der Waals surface area contributed by atoms with Crippen LogP contribution in [0.5, 0.6) is 5.75 Å². The fraction of sp³-hybridized carbons (Fsp3) is 0.333. The summed E-state index contributed by atoms with van der Waals surface area (Å²) in [4.78, 5) is 23.6. The van der Waals surface area contributed by atoms with E-state index in [1.165, 1.54) is 19.1 Å². The normalized spacial score (nSPS) is 11.7. The minimum atomic E-state index is -1.54. The van der Waals surface area contributed by atoms with Gasteiger partial charge in [0, 0.05) is 19.2 Å². The average Bonchev–Trinajstić information content (AvgIpc) is 2.37. The molecule has 3 N–H and O–H groups in total. The number of carboxylic acid groups (broad SMARTS) is 1. The number of benzene rings is 1. The van der Waals surface area contributed by atoms with Crippen molar-refractivity contribution in [1.82, 2.24) is 4.90 Å². The van der Waals surface area contributed by atoms with Gasteiger partial charge < -0.3 is 20.5 Å². The van der Waals surface area contributed by atoms with E-state index in [0.29, 0.717) is 5.75 Å². The molecule has 0 fully saturated rings. The highest BCUT2D eigenvalue weighted by atomic mass is 16.5. The lowest BCUT2D eigenvalue weighted by Gasteiger charge is -2.20. The van der Waals surface area contributed by atoms with E-state index >= 15 is 0 Å². The van der Waals surface area contributed by atoms with E-state index in [4.69, 9.17) is 15.6 Å². The van der Waals surface area contributed by atoms with Crippen molar-refractivity contribution in [2.24, 2.45) is 5.73 Å².